The van der Waals surface area contributed by atoms with E-state index >= 15 is 0 Å². The Morgan fingerprint density at radius 3 is 2.56 bits per heavy atom. The molecule has 0 aromatic rings. The summed E-state index contributed by atoms with van der Waals surface area (Å²) in [5.41, 5.74) is 0. The maximum atomic E-state index is 3.65. The first-order valence-electron chi connectivity index (χ1n) is 7.23. The summed E-state index contributed by atoms with van der Waals surface area (Å²) in [5.74, 6) is 1.85. The standard InChI is InChI=1S/C14H28N2/c1-3-8-16(11-13-4-5-13)10-12(2)9-15-14-6-7-14/h12-15H,3-11H2,1-2H3. The van der Waals surface area contributed by atoms with Crippen molar-refractivity contribution in [2.24, 2.45) is 11.8 Å². The largest absolute Gasteiger partial charge is 0.314 e. The van der Waals surface area contributed by atoms with Gasteiger partial charge in [0, 0.05) is 19.1 Å². The predicted molar refractivity (Wildman–Crippen MR) is 69.6 cm³/mol. The van der Waals surface area contributed by atoms with E-state index in [1.54, 1.807) is 0 Å². The van der Waals surface area contributed by atoms with E-state index in [-0.39, 0.29) is 0 Å². The molecule has 0 aliphatic heterocycles. The Labute approximate surface area is 101 Å². The number of hydrogen-bond acceptors (Lipinski definition) is 2. The lowest BCUT2D eigenvalue weighted by atomic mass is 10.1. The monoisotopic (exact) mass is 224 g/mol. The first-order valence-corrected chi connectivity index (χ1v) is 7.23. The molecule has 0 radical (unpaired) electrons. The summed E-state index contributed by atoms with van der Waals surface area (Å²) < 4.78 is 0. The third-order valence-corrected chi connectivity index (χ3v) is 3.66. The normalized spacial score (nSPS) is 22.7. The predicted octanol–water partition coefficient (Wildman–Crippen LogP) is 2.50. The third-order valence-electron chi connectivity index (χ3n) is 3.66. The van der Waals surface area contributed by atoms with Gasteiger partial charge in [0.15, 0.2) is 0 Å². The van der Waals surface area contributed by atoms with E-state index in [9.17, 15) is 0 Å². The highest BCUT2D eigenvalue weighted by Gasteiger charge is 2.25. The Hall–Kier alpha value is -0.0800. The smallest absolute Gasteiger partial charge is 0.00683 e. The average molecular weight is 224 g/mol. The van der Waals surface area contributed by atoms with Crippen molar-refractivity contribution in [1.82, 2.24) is 10.2 Å². The van der Waals surface area contributed by atoms with E-state index < -0.39 is 0 Å². The van der Waals surface area contributed by atoms with Crippen LogP contribution in [-0.4, -0.2) is 37.1 Å². The zero-order valence-electron chi connectivity index (χ0n) is 11.0. The van der Waals surface area contributed by atoms with Crippen molar-refractivity contribution in [1.29, 1.82) is 0 Å². The van der Waals surface area contributed by atoms with Crippen LogP contribution < -0.4 is 5.32 Å². The van der Waals surface area contributed by atoms with Gasteiger partial charge in [-0.25, -0.2) is 0 Å². The molecule has 16 heavy (non-hydrogen) atoms. The Morgan fingerprint density at radius 2 is 2.00 bits per heavy atom. The van der Waals surface area contributed by atoms with Crippen molar-refractivity contribution < 1.29 is 0 Å². The summed E-state index contributed by atoms with van der Waals surface area (Å²) in [4.78, 5) is 2.69. The number of nitrogens with zero attached hydrogens (tertiary/aromatic N) is 1. The van der Waals surface area contributed by atoms with Gasteiger partial charge in [-0.15, -0.1) is 0 Å². The Morgan fingerprint density at radius 1 is 1.25 bits per heavy atom. The van der Waals surface area contributed by atoms with E-state index in [2.05, 4.69) is 24.1 Å². The molecule has 0 heterocycles. The van der Waals surface area contributed by atoms with Crippen LogP contribution in [0.2, 0.25) is 0 Å². The molecule has 2 nitrogen and oxygen atoms in total. The molecule has 2 heteroatoms. The molecule has 1 unspecified atom stereocenters. The second-order valence-corrected chi connectivity index (χ2v) is 5.99. The van der Waals surface area contributed by atoms with Crippen LogP contribution in [0.25, 0.3) is 0 Å². The van der Waals surface area contributed by atoms with Crippen molar-refractivity contribution in [2.45, 2.75) is 52.0 Å². The molecule has 0 bridgehead atoms. The zero-order valence-corrected chi connectivity index (χ0v) is 11.0. The molecule has 0 aromatic heterocycles. The maximum Gasteiger partial charge on any atom is 0.00683 e. The van der Waals surface area contributed by atoms with Gasteiger partial charge in [-0.05, 0) is 57.0 Å². The van der Waals surface area contributed by atoms with Crippen LogP contribution >= 0.6 is 0 Å². The lowest BCUT2D eigenvalue weighted by molar-refractivity contribution is 0.226. The summed E-state index contributed by atoms with van der Waals surface area (Å²) in [5, 5.41) is 3.65. The molecule has 2 aliphatic rings. The summed E-state index contributed by atoms with van der Waals surface area (Å²) in [7, 11) is 0. The van der Waals surface area contributed by atoms with Crippen molar-refractivity contribution >= 4 is 0 Å². The van der Waals surface area contributed by atoms with Gasteiger partial charge in [-0.1, -0.05) is 13.8 Å². The fourth-order valence-corrected chi connectivity index (χ4v) is 2.40. The molecule has 0 amide bonds. The SMILES string of the molecule is CCCN(CC(C)CNC1CC1)CC1CC1. The molecule has 94 valence electrons. The molecule has 0 aromatic carbocycles. The minimum atomic E-state index is 0.811. The zero-order chi connectivity index (χ0) is 11.4. The summed E-state index contributed by atoms with van der Waals surface area (Å²) in [6.07, 6.45) is 7.08. The minimum Gasteiger partial charge on any atom is -0.314 e. The van der Waals surface area contributed by atoms with E-state index in [4.69, 9.17) is 0 Å². The van der Waals surface area contributed by atoms with E-state index in [0.717, 1.165) is 17.9 Å². The van der Waals surface area contributed by atoms with Gasteiger partial charge in [0.25, 0.3) is 0 Å². The van der Waals surface area contributed by atoms with Gasteiger partial charge in [-0.2, -0.15) is 0 Å². The van der Waals surface area contributed by atoms with Gasteiger partial charge in [0.05, 0.1) is 0 Å². The van der Waals surface area contributed by atoms with Crippen LogP contribution in [0, 0.1) is 11.8 Å². The Bertz CT molecular complexity index is 197. The van der Waals surface area contributed by atoms with Crippen molar-refractivity contribution in [3.63, 3.8) is 0 Å². The van der Waals surface area contributed by atoms with Gasteiger partial charge in [-0.3, -0.25) is 0 Å². The van der Waals surface area contributed by atoms with Gasteiger partial charge < -0.3 is 10.2 Å². The lowest BCUT2D eigenvalue weighted by Crippen LogP contribution is -2.35. The topological polar surface area (TPSA) is 15.3 Å². The van der Waals surface area contributed by atoms with E-state index in [1.165, 1.54) is 58.3 Å². The van der Waals surface area contributed by atoms with E-state index in [0.29, 0.717) is 0 Å². The molecule has 2 saturated carbocycles. The number of nitrogens with one attached hydrogen (secondary N) is 1. The Kier molecular flexibility index (Phi) is 4.66. The first kappa shape index (κ1) is 12.4. The summed E-state index contributed by atoms with van der Waals surface area (Å²) >= 11 is 0. The van der Waals surface area contributed by atoms with Gasteiger partial charge in [0.1, 0.15) is 0 Å². The van der Waals surface area contributed by atoms with Crippen LogP contribution in [0.15, 0.2) is 0 Å². The van der Waals surface area contributed by atoms with Crippen molar-refractivity contribution in [3.05, 3.63) is 0 Å². The van der Waals surface area contributed by atoms with Gasteiger partial charge in [0.2, 0.25) is 0 Å². The summed E-state index contributed by atoms with van der Waals surface area (Å²) in [6, 6.07) is 0.866. The number of rotatable bonds is 9. The fourth-order valence-electron chi connectivity index (χ4n) is 2.40. The molecule has 2 rings (SSSR count). The first-order chi connectivity index (χ1) is 7.78. The fraction of sp³-hybridized carbons (Fsp3) is 1.00. The molecule has 0 saturated heterocycles. The Balaban J connectivity index is 1.61. The lowest BCUT2D eigenvalue weighted by Gasteiger charge is -2.25. The third kappa shape index (κ3) is 4.84. The van der Waals surface area contributed by atoms with Gasteiger partial charge >= 0.3 is 0 Å². The molecular weight excluding hydrogens is 196 g/mol. The second-order valence-electron chi connectivity index (χ2n) is 5.99. The van der Waals surface area contributed by atoms with Crippen molar-refractivity contribution in [3.8, 4) is 0 Å². The van der Waals surface area contributed by atoms with Crippen LogP contribution in [0.1, 0.15) is 46.0 Å². The highest BCUT2D eigenvalue weighted by atomic mass is 15.1. The minimum absolute atomic E-state index is 0.811. The average Bonchev–Trinajstić information content (AvgIpc) is 3.10. The van der Waals surface area contributed by atoms with E-state index in [1.807, 2.05) is 0 Å². The highest BCUT2D eigenvalue weighted by molar-refractivity contribution is 4.82. The molecule has 2 aliphatic carbocycles. The molecular formula is C14H28N2. The van der Waals surface area contributed by atoms with Crippen LogP contribution in [0.3, 0.4) is 0 Å². The summed E-state index contributed by atoms with van der Waals surface area (Å²) in [6.45, 7) is 9.86. The van der Waals surface area contributed by atoms with Crippen molar-refractivity contribution in [2.75, 3.05) is 26.2 Å². The second kappa shape index (κ2) is 6.02. The quantitative estimate of drug-likeness (QED) is 0.647. The number of hydrogen-bond donors (Lipinski definition) is 1. The van der Waals surface area contributed by atoms with Crippen LogP contribution in [0.4, 0.5) is 0 Å². The van der Waals surface area contributed by atoms with Crippen LogP contribution in [-0.2, 0) is 0 Å². The molecule has 2 fully saturated rings. The van der Waals surface area contributed by atoms with Crippen LogP contribution in [0.5, 0.6) is 0 Å². The molecule has 1 atom stereocenters. The molecule has 1 N–H and O–H groups in total. The molecule has 0 spiro atoms. The maximum absolute atomic E-state index is 3.65. The highest BCUT2D eigenvalue weighted by Crippen LogP contribution is 2.30.